The number of aromatic nitrogens is 1. The molecular formula is C14H17ClN2S. The van der Waals surface area contributed by atoms with Crippen molar-refractivity contribution in [1.82, 2.24) is 10.3 Å². The molecule has 0 aliphatic rings. The third kappa shape index (κ3) is 3.10. The van der Waals surface area contributed by atoms with Crippen molar-refractivity contribution in [2.75, 3.05) is 6.54 Å². The average molecular weight is 281 g/mol. The van der Waals surface area contributed by atoms with Gasteiger partial charge in [-0.2, -0.15) is 0 Å². The van der Waals surface area contributed by atoms with Crippen LogP contribution in [-0.2, 0) is 0 Å². The standard InChI is InChI=1S/C14H17ClN2S/c1-3-17-14(12-4-5-13(15)18-12)10(2)11-6-8-16-9-7-11/h4-10,14,17H,3H2,1-2H3. The molecule has 2 atom stereocenters. The maximum absolute atomic E-state index is 6.04. The first-order valence-corrected chi connectivity index (χ1v) is 7.30. The molecule has 2 unspecified atom stereocenters. The van der Waals surface area contributed by atoms with Gasteiger partial charge in [0, 0.05) is 29.2 Å². The highest BCUT2D eigenvalue weighted by molar-refractivity contribution is 7.16. The Hall–Kier alpha value is -0.900. The van der Waals surface area contributed by atoms with Crippen LogP contribution in [0.2, 0.25) is 4.34 Å². The van der Waals surface area contributed by atoms with Crippen molar-refractivity contribution in [2.45, 2.75) is 25.8 Å². The number of nitrogens with zero attached hydrogens (tertiary/aromatic N) is 1. The molecule has 0 fully saturated rings. The Morgan fingerprint density at radius 1 is 1.28 bits per heavy atom. The number of pyridine rings is 1. The number of nitrogens with one attached hydrogen (secondary N) is 1. The van der Waals surface area contributed by atoms with Crippen LogP contribution in [-0.4, -0.2) is 11.5 Å². The van der Waals surface area contributed by atoms with E-state index in [1.807, 2.05) is 18.5 Å². The molecule has 0 aromatic carbocycles. The summed E-state index contributed by atoms with van der Waals surface area (Å²) in [6.07, 6.45) is 3.69. The lowest BCUT2D eigenvalue weighted by Crippen LogP contribution is -2.25. The van der Waals surface area contributed by atoms with Crippen molar-refractivity contribution in [1.29, 1.82) is 0 Å². The van der Waals surface area contributed by atoms with E-state index in [-0.39, 0.29) is 0 Å². The maximum atomic E-state index is 6.04. The number of likely N-dealkylation sites (N-methyl/N-ethyl adjacent to an activating group) is 1. The number of hydrogen-bond acceptors (Lipinski definition) is 3. The molecule has 0 radical (unpaired) electrons. The predicted molar refractivity (Wildman–Crippen MR) is 78.4 cm³/mol. The van der Waals surface area contributed by atoms with E-state index in [4.69, 9.17) is 11.6 Å². The van der Waals surface area contributed by atoms with E-state index in [1.54, 1.807) is 11.3 Å². The van der Waals surface area contributed by atoms with Gasteiger partial charge in [-0.1, -0.05) is 25.4 Å². The van der Waals surface area contributed by atoms with Gasteiger partial charge in [-0.15, -0.1) is 11.3 Å². The Morgan fingerprint density at radius 2 is 2.00 bits per heavy atom. The second-order valence-electron chi connectivity index (χ2n) is 4.25. The maximum Gasteiger partial charge on any atom is 0.0931 e. The number of hydrogen-bond donors (Lipinski definition) is 1. The third-order valence-electron chi connectivity index (χ3n) is 3.06. The lowest BCUT2D eigenvalue weighted by atomic mass is 9.93. The normalized spacial score (nSPS) is 14.4. The van der Waals surface area contributed by atoms with Crippen molar-refractivity contribution in [3.63, 3.8) is 0 Å². The van der Waals surface area contributed by atoms with E-state index >= 15 is 0 Å². The van der Waals surface area contributed by atoms with Gasteiger partial charge >= 0.3 is 0 Å². The van der Waals surface area contributed by atoms with Crippen molar-refractivity contribution < 1.29 is 0 Å². The van der Waals surface area contributed by atoms with E-state index < -0.39 is 0 Å². The van der Waals surface area contributed by atoms with Gasteiger partial charge in [-0.3, -0.25) is 4.98 Å². The fraction of sp³-hybridized carbons (Fsp3) is 0.357. The highest BCUT2D eigenvalue weighted by atomic mass is 35.5. The highest BCUT2D eigenvalue weighted by Crippen LogP contribution is 2.35. The first-order chi connectivity index (χ1) is 8.72. The fourth-order valence-electron chi connectivity index (χ4n) is 2.10. The van der Waals surface area contributed by atoms with Crippen LogP contribution in [0.25, 0.3) is 0 Å². The number of thiophene rings is 1. The van der Waals surface area contributed by atoms with Crippen molar-refractivity contribution in [3.05, 3.63) is 51.4 Å². The first-order valence-electron chi connectivity index (χ1n) is 6.11. The summed E-state index contributed by atoms with van der Waals surface area (Å²) < 4.78 is 0.842. The van der Waals surface area contributed by atoms with Gasteiger partial charge in [0.15, 0.2) is 0 Å². The van der Waals surface area contributed by atoms with Crippen LogP contribution in [0.15, 0.2) is 36.7 Å². The van der Waals surface area contributed by atoms with Crippen LogP contribution in [0.4, 0.5) is 0 Å². The molecule has 0 amide bonds. The Labute approximate surface area is 117 Å². The lowest BCUT2D eigenvalue weighted by molar-refractivity contribution is 0.486. The predicted octanol–water partition coefficient (Wildman–Crippen LogP) is 4.25. The van der Waals surface area contributed by atoms with Gasteiger partial charge in [-0.05, 0) is 36.4 Å². The van der Waals surface area contributed by atoms with Crippen LogP contribution >= 0.6 is 22.9 Å². The van der Waals surface area contributed by atoms with E-state index in [2.05, 4.69) is 42.3 Å². The molecule has 18 heavy (non-hydrogen) atoms. The van der Waals surface area contributed by atoms with Gasteiger partial charge in [0.25, 0.3) is 0 Å². The summed E-state index contributed by atoms with van der Waals surface area (Å²) in [5, 5.41) is 3.54. The zero-order chi connectivity index (χ0) is 13.0. The van der Waals surface area contributed by atoms with Crippen molar-refractivity contribution in [3.8, 4) is 0 Å². The van der Waals surface area contributed by atoms with E-state index in [9.17, 15) is 0 Å². The van der Waals surface area contributed by atoms with E-state index in [1.165, 1.54) is 10.4 Å². The van der Waals surface area contributed by atoms with Gasteiger partial charge in [0.2, 0.25) is 0 Å². The number of halogens is 1. The largest absolute Gasteiger partial charge is 0.309 e. The van der Waals surface area contributed by atoms with E-state index in [0.717, 1.165) is 10.9 Å². The summed E-state index contributed by atoms with van der Waals surface area (Å²) in [7, 11) is 0. The second kappa shape index (κ2) is 6.32. The minimum absolute atomic E-state index is 0.301. The zero-order valence-corrected chi connectivity index (χ0v) is 12.1. The molecule has 2 aromatic rings. The molecule has 0 bridgehead atoms. The summed E-state index contributed by atoms with van der Waals surface area (Å²) in [4.78, 5) is 5.35. The van der Waals surface area contributed by atoms with Gasteiger partial charge < -0.3 is 5.32 Å². The lowest BCUT2D eigenvalue weighted by Gasteiger charge is -2.24. The minimum atomic E-state index is 0.301. The first kappa shape index (κ1) is 13.5. The molecule has 4 heteroatoms. The fourth-order valence-corrected chi connectivity index (χ4v) is 3.34. The van der Waals surface area contributed by atoms with Gasteiger partial charge in [-0.25, -0.2) is 0 Å². The highest BCUT2D eigenvalue weighted by Gasteiger charge is 2.21. The van der Waals surface area contributed by atoms with Crippen LogP contribution in [0.5, 0.6) is 0 Å². The number of rotatable bonds is 5. The minimum Gasteiger partial charge on any atom is -0.309 e. The van der Waals surface area contributed by atoms with Crippen LogP contribution in [0.1, 0.15) is 36.2 Å². The molecule has 2 aromatic heterocycles. The summed E-state index contributed by atoms with van der Waals surface area (Å²) >= 11 is 7.68. The van der Waals surface area contributed by atoms with Crippen molar-refractivity contribution >= 4 is 22.9 Å². The van der Waals surface area contributed by atoms with Gasteiger partial charge in [0.1, 0.15) is 0 Å². The average Bonchev–Trinajstić information content (AvgIpc) is 2.82. The van der Waals surface area contributed by atoms with Crippen molar-refractivity contribution in [2.24, 2.45) is 0 Å². The second-order valence-corrected chi connectivity index (χ2v) is 5.99. The van der Waals surface area contributed by atoms with Crippen LogP contribution < -0.4 is 5.32 Å². The molecule has 0 saturated carbocycles. The Bertz CT molecular complexity index is 484. The summed E-state index contributed by atoms with van der Waals surface area (Å²) in [6, 6.07) is 8.52. The molecular weight excluding hydrogens is 264 g/mol. The van der Waals surface area contributed by atoms with Crippen LogP contribution in [0.3, 0.4) is 0 Å². The smallest absolute Gasteiger partial charge is 0.0931 e. The quantitative estimate of drug-likeness (QED) is 0.886. The molecule has 2 heterocycles. The Kier molecular flexibility index (Phi) is 4.75. The summed E-state index contributed by atoms with van der Waals surface area (Å²) in [5.41, 5.74) is 1.29. The van der Waals surface area contributed by atoms with Gasteiger partial charge in [0.05, 0.1) is 4.34 Å². The molecule has 0 saturated heterocycles. The topological polar surface area (TPSA) is 24.9 Å². The SMILES string of the molecule is CCNC(c1ccc(Cl)s1)C(C)c1ccncc1. The molecule has 96 valence electrons. The molecule has 0 spiro atoms. The molecule has 1 N–H and O–H groups in total. The Balaban J connectivity index is 2.25. The molecule has 2 rings (SSSR count). The third-order valence-corrected chi connectivity index (χ3v) is 4.37. The summed E-state index contributed by atoms with van der Waals surface area (Å²) in [6.45, 7) is 5.30. The summed E-state index contributed by atoms with van der Waals surface area (Å²) in [5.74, 6) is 0.391. The molecule has 0 aliphatic heterocycles. The molecule has 2 nitrogen and oxygen atoms in total. The molecule has 0 aliphatic carbocycles. The van der Waals surface area contributed by atoms with E-state index in [0.29, 0.717) is 12.0 Å². The monoisotopic (exact) mass is 280 g/mol. The van der Waals surface area contributed by atoms with Crippen LogP contribution in [0, 0.1) is 0 Å². The Morgan fingerprint density at radius 3 is 2.56 bits per heavy atom. The zero-order valence-electron chi connectivity index (χ0n) is 10.6.